The Bertz CT molecular complexity index is 715. The van der Waals surface area contributed by atoms with Crippen molar-refractivity contribution < 1.29 is 4.79 Å². The van der Waals surface area contributed by atoms with Crippen LogP contribution in [0.15, 0.2) is 30.5 Å². The van der Waals surface area contributed by atoms with Gasteiger partial charge in [-0.25, -0.2) is 4.68 Å². The number of nitrogens with zero attached hydrogens (tertiary/aromatic N) is 3. The number of hydrogen-bond acceptors (Lipinski definition) is 3. The third-order valence-corrected chi connectivity index (χ3v) is 5.04. The SMILES string of the molecule is Cc1nn(-c2ccc(Cl)cc2)cc1C(=O)N1CCC(C(C)N)CC1. The van der Waals surface area contributed by atoms with Crippen molar-refractivity contribution >= 4 is 17.5 Å². The number of benzene rings is 1. The maximum atomic E-state index is 12.8. The average molecular weight is 347 g/mol. The standard InChI is InChI=1S/C18H23ClN4O/c1-12(20)14-7-9-22(10-8-14)18(24)17-11-23(21-13(17)2)16-5-3-15(19)4-6-16/h3-6,11-12,14H,7-10,20H2,1-2H3. The molecule has 0 bridgehead atoms. The molecule has 2 heterocycles. The number of carbonyl (C=O) groups is 1. The largest absolute Gasteiger partial charge is 0.339 e. The molecular weight excluding hydrogens is 324 g/mol. The van der Waals surface area contributed by atoms with E-state index in [2.05, 4.69) is 5.10 Å². The molecule has 0 aliphatic carbocycles. The molecule has 1 amide bonds. The topological polar surface area (TPSA) is 64.2 Å². The number of rotatable bonds is 3. The zero-order valence-corrected chi connectivity index (χ0v) is 14.8. The van der Waals surface area contributed by atoms with E-state index in [1.807, 2.05) is 43.0 Å². The van der Waals surface area contributed by atoms with Crippen molar-refractivity contribution in [1.29, 1.82) is 0 Å². The Morgan fingerprint density at radius 3 is 2.50 bits per heavy atom. The monoisotopic (exact) mass is 346 g/mol. The van der Waals surface area contributed by atoms with Gasteiger partial charge in [-0.3, -0.25) is 4.79 Å². The molecule has 5 nitrogen and oxygen atoms in total. The molecule has 3 rings (SSSR count). The van der Waals surface area contributed by atoms with Crippen molar-refractivity contribution in [3.63, 3.8) is 0 Å². The van der Waals surface area contributed by atoms with E-state index >= 15 is 0 Å². The summed E-state index contributed by atoms with van der Waals surface area (Å²) in [6, 6.07) is 7.59. The summed E-state index contributed by atoms with van der Waals surface area (Å²) >= 11 is 5.92. The third-order valence-electron chi connectivity index (χ3n) is 4.79. The van der Waals surface area contributed by atoms with Gasteiger partial charge in [0.05, 0.1) is 16.9 Å². The van der Waals surface area contributed by atoms with Gasteiger partial charge in [-0.15, -0.1) is 0 Å². The molecule has 6 heteroatoms. The fourth-order valence-electron chi connectivity index (χ4n) is 3.19. The smallest absolute Gasteiger partial charge is 0.257 e. The van der Waals surface area contributed by atoms with Crippen LogP contribution in [0.5, 0.6) is 0 Å². The maximum absolute atomic E-state index is 12.8. The van der Waals surface area contributed by atoms with E-state index < -0.39 is 0 Å². The van der Waals surface area contributed by atoms with Crippen LogP contribution in [-0.2, 0) is 0 Å². The molecule has 1 aromatic heterocycles. The Kier molecular flexibility index (Phi) is 4.92. The maximum Gasteiger partial charge on any atom is 0.257 e. The van der Waals surface area contributed by atoms with Gasteiger partial charge >= 0.3 is 0 Å². The van der Waals surface area contributed by atoms with Crippen molar-refractivity contribution in [2.45, 2.75) is 32.7 Å². The van der Waals surface area contributed by atoms with Crippen molar-refractivity contribution in [1.82, 2.24) is 14.7 Å². The van der Waals surface area contributed by atoms with E-state index in [4.69, 9.17) is 17.3 Å². The van der Waals surface area contributed by atoms with Gasteiger partial charge in [0.1, 0.15) is 0 Å². The summed E-state index contributed by atoms with van der Waals surface area (Å²) in [4.78, 5) is 14.7. The first-order chi connectivity index (χ1) is 11.5. The highest BCUT2D eigenvalue weighted by Crippen LogP contribution is 2.22. The lowest BCUT2D eigenvalue weighted by Gasteiger charge is -2.33. The molecule has 1 saturated heterocycles. The number of aryl methyl sites for hydroxylation is 1. The Hall–Kier alpha value is -1.85. The lowest BCUT2D eigenvalue weighted by Crippen LogP contribution is -2.42. The van der Waals surface area contributed by atoms with E-state index in [9.17, 15) is 4.79 Å². The minimum absolute atomic E-state index is 0.0517. The molecule has 1 aliphatic rings. The van der Waals surface area contributed by atoms with E-state index in [0.717, 1.165) is 37.3 Å². The second kappa shape index (κ2) is 6.95. The first kappa shape index (κ1) is 17.0. The van der Waals surface area contributed by atoms with Gasteiger partial charge in [0.25, 0.3) is 5.91 Å². The van der Waals surface area contributed by atoms with Crippen LogP contribution in [-0.4, -0.2) is 39.7 Å². The van der Waals surface area contributed by atoms with E-state index in [1.54, 1.807) is 10.9 Å². The van der Waals surface area contributed by atoms with Gasteiger partial charge in [-0.2, -0.15) is 5.10 Å². The van der Waals surface area contributed by atoms with Gasteiger partial charge in [0, 0.05) is 30.4 Å². The zero-order valence-electron chi connectivity index (χ0n) is 14.1. The number of amides is 1. The number of aromatic nitrogens is 2. The number of nitrogens with two attached hydrogens (primary N) is 1. The average Bonchev–Trinajstić information content (AvgIpc) is 2.96. The van der Waals surface area contributed by atoms with Crippen molar-refractivity contribution in [3.05, 3.63) is 46.7 Å². The Labute approximate surface area is 147 Å². The summed E-state index contributed by atoms with van der Waals surface area (Å²) in [7, 11) is 0. The quantitative estimate of drug-likeness (QED) is 0.929. The molecule has 0 saturated carbocycles. The summed E-state index contributed by atoms with van der Waals surface area (Å²) in [6.07, 6.45) is 3.74. The fraction of sp³-hybridized carbons (Fsp3) is 0.444. The molecule has 1 unspecified atom stereocenters. The zero-order chi connectivity index (χ0) is 17.3. The summed E-state index contributed by atoms with van der Waals surface area (Å²) in [5, 5.41) is 5.15. The van der Waals surface area contributed by atoms with Crippen molar-refractivity contribution in [2.24, 2.45) is 11.7 Å². The van der Waals surface area contributed by atoms with Crippen LogP contribution >= 0.6 is 11.6 Å². The highest BCUT2D eigenvalue weighted by Gasteiger charge is 2.27. The lowest BCUT2D eigenvalue weighted by molar-refractivity contribution is 0.0680. The molecule has 2 aromatic rings. The first-order valence-electron chi connectivity index (χ1n) is 8.33. The molecule has 1 aliphatic heterocycles. The molecular formula is C18H23ClN4O. The lowest BCUT2D eigenvalue weighted by atomic mass is 9.91. The molecule has 0 spiro atoms. The molecule has 1 atom stereocenters. The molecule has 24 heavy (non-hydrogen) atoms. The minimum Gasteiger partial charge on any atom is -0.339 e. The molecule has 0 radical (unpaired) electrons. The van der Waals surface area contributed by atoms with Gasteiger partial charge < -0.3 is 10.6 Å². The number of carbonyl (C=O) groups excluding carboxylic acids is 1. The molecule has 1 aromatic carbocycles. The minimum atomic E-state index is 0.0517. The predicted molar refractivity (Wildman–Crippen MR) is 95.6 cm³/mol. The number of halogens is 1. The number of hydrogen-bond donors (Lipinski definition) is 1. The van der Waals surface area contributed by atoms with Crippen LogP contribution in [0.1, 0.15) is 35.8 Å². The van der Waals surface area contributed by atoms with Crippen LogP contribution in [0.2, 0.25) is 5.02 Å². The van der Waals surface area contributed by atoms with E-state index in [0.29, 0.717) is 16.5 Å². The second-order valence-corrected chi connectivity index (χ2v) is 6.97. The van der Waals surface area contributed by atoms with Gasteiger partial charge in [-0.05, 0) is 56.9 Å². The Morgan fingerprint density at radius 1 is 1.29 bits per heavy atom. The summed E-state index contributed by atoms with van der Waals surface area (Å²) in [6.45, 7) is 5.43. The third kappa shape index (κ3) is 3.47. The van der Waals surface area contributed by atoms with Crippen molar-refractivity contribution in [3.8, 4) is 5.69 Å². The van der Waals surface area contributed by atoms with Gasteiger partial charge in [0.15, 0.2) is 0 Å². The highest BCUT2D eigenvalue weighted by molar-refractivity contribution is 6.30. The van der Waals surface area contributed by atoms with E-state index in [-0.39, 0.29) is 11.9 Å². The van der Waals surface area contributed by atoms with Gasteiger partial charge in [0.2, 0.25) is 0 Å². The summed E-state index contributed by atoms with van der Waals surface area (Å²) in [5.74, 6) is 0.558. The van der Waals surface area contributed by atoms with Crippen LogP contribution in [0.4, 0.5) is 0 Å². The fourth-order valence-corrected chi connectivity index (χ4v) is 3.32. The van der Waals surface area contributed by atoms with E-state index in [1.165, 1.54) is 0 Å². The predicted octanol–water partition coefficient (Wildman–Crippen LogP) is 3.03. The first-order valence-corrected chi connectivity index (χ1v) is 8.70. The second-order valence-electron chi connectivity index (χ2n) is 6.54. The number of piperidine rings is 1. The van der Waals surface area contributed by atoms with Crippen LogP contribution in [0.25, 0.3) is 5.69 Å². The number of likely N-dealkylation sites (tertiary alicyclic amines) is 1. The Morgan fingerprint density at radius 2 is 1.92 bits per heavy atom. The molecule has 1 fully saturated rings. The van der Waals surface area contributed by atoms with Gasteiger partial charge in [-0.1, -0.05) is 11.6 Å². The molecule has 2 N–H and O–H groups in total. The van der Waals surface area contributed by atoms with Crippen molar-refractivity contribution in [2.75, 3.05) is 13.1 Å². The Balaban J connectivity index is 1.75. The normalized spacial score (nSPS) is 17.1. The van der Waals surface area contributed by atoms with Crippen LogP contribution in [0, 0.1) is 12.8 Å². The van der Waals surface area contributed by atoms with Crippen LogP contribution < -0.4 is 5.73 Å². The summed E-state index contributed by atoms with van der Waals surface area (Å²) < 4.78 is 1.73. The van der Waals surface area contributed by atoms with Crippen LogP contribution in [0.3, 0.4) is 0 Å². The summed E-state index contributed by atoms with van der Waals surface area (Å²) in [5.41, 5.74) is 8.26. The highest BCUT2D eigenvalue weighted by atomic mass is 35.5. The molecule has 128 valence electrons.